The van der Waals surface area contributed by atoms with Crippen LogP contribution in [0.4, 0.5) is 5.69 Å². The minimum Gasteiger partial charge on any atom is -0.309 e. The van der Waals surface area contributed by atoms with Crippen molar-refractivity contribution in [2.45, 2.75) is 0 Å². The maximum absolute atomic E-state index is 10.3. The predicted molar refractivity (Wildman–Crippen MR) is 174 cm³/mol. The molecule has 0 radical (unpaired) electrons. The molecule has 0 spiro atoms. The van der Waals surface area contributed by atoms with Crippen molar-refractivity contribution in [1.29, 1.82) is 10.5 Å². The molecular formula is C38H20N6. The normalized spacial score (nSPS) is 11.1. The molecule has 3 heterocycles. The minimum atomic E-state index is 0.534. The maximum Gasteiger partial charge on any atom is 0.188 e. The Morgan fingerprint density at radius 1 is 0.614 bits per heavy atom. The van der Waals surface area contributed by atoms with Gasteiger partial charge >= 0.3 is 0 Å². The van der Waals surface area contributed by atoms with Crippen molar-refractivity contribution in [1.82, 2.24) is 14.1 Å². The van der Waals surface area contributed by atoms with E-state index in [0.717, 1.165) is 66.1 Å². The van der Waals surface area contributed by atoms with Crippen LogP contribution in [0.5, 0.6) is 0 Å². The van der Waals surface area contributed by atoms with E-state index in [1.165, 1.54) is 0 Å². The lowest BCUT2D eigenvalue weighted by Crippen LogP contribution is -2.00. The van der Waals surface area contributed by atoms with Crippen LogP contribution in [0.1, 0.15) is 11.1 Å². The Bertz CT molecular complexity index is 2600. The second-order valence-corrected chi connectivity index (χ2v) is 10.6. The van der Waals surface area contributed by atoms with Gasteiger partial charge in [0.05, 0.1) is 57.6 Å². The van der Waals surface area contributed by atoms with Gasteiger partial charge in [0.25, 0.3) is 0 Å². The zero-order valence-electron chi connectivity index (χ0n) is 23.2. The summed E-state index contributed by atoms with van der Waals surface area (Å²) in [7, 11) is 0. The van der Waals surface area contributed by atoms with Crippen LogP contribution in [0.25, 0.3) is 71.0 Å². The van der Waals surface area contributed by atoms with Gasteiger partial charge in [-0.1, -0.05) is 42.5 Å². The second-order valence-electron chi connectivity index (χ2n) is 10.6. The van der Waals surface area contributed by atoms with Gasteiger partial charge in [0.2, 0.25) is 0 Å². The third-order valence-electron chi connectivity index (χ3n) is 8.30. The fourth-order valence-electron chi connectivity index (χ4n) is 6.39. The van der Waals surface area contributed by atoms with Crippen molar-refractivity contribution in [3.05, 3.63) is 144 Å². The van der Waals surface area contributed by atoms with E-state index in [0.29, 0.717) is 16.8 Å². The van der Waals surface area contributed by atoms with Gasteiger partial charge in [-0.2, -0.15) is 10.5 Å². The van der Waals surface area contributed by atoms with E-state index < -0.39 is 0 Å². The molecule has 0 amide bonds. The number of pyridine rings is 1. The van der Waals surface area contributed by atoms with Crippen molar-refractivity contribution in [2.75, 3.05) is 0 Å². The van der Waals surface area contributed by atoms with Gasteiger partial charge in [-0.25, -0.2) is 4.85 Å². The molecule has 0 N–H and O–H groups in total. The van der Waals surface area contributed by atoms with E-state index in [2.05, 4.69) is 55.4 Å². The molecule has 0 bridgehead atoms. The first kappa shape index (κ1) is 25.1. The van der Waals surface area contributed by atoms with E-state index >= 15 is 0 Å². The zero-order valence-corrected chi connectivity index (χ0v) is 23.2. The third-order valence-corrected chi connectivity index (χ3v) is 8.30. The van der Waals surface area contributed by atoms with E-state index in [4.69, 9.17) is 6.57 Å². The van der Waals surface area contributed by atoms with Gasteiger partial charge in [-0.05, 0) is 72.1 Å². The topological polar surface area (TPSA) is 74.7 Å². The summed E-state index contributed by atoms with van der Waals surface area (Å²) >= 11 is 0. The van der Waals surface area contributed by atoms with E-state index in [1.807, 2.05) is 91.1 Å². The number of nitrogens with zero attached hydrogens (tertiary/aromatic N) is 6. The molecule has 0 unspecified atom stereocenters. The van der Waals surface area contributed by atoms with Crippen LogP contribution in [0.2, 0.25) is 0 Å². The summed E-state index contributed by atoms with van der Waals surface area (Å²) in [6, 6.07) is 40.3. The lowest BCUT2D eigenvalue weighted by Gasteiger charge is -2.16. The molecule has 6 nitrogen and oxygen atoms in total. The maximum atomic E-state index is 10.3. The Kier molecular flexibility index (Phi) is 5.53. The molecular weight excluding hydrogens is 540 g/mol. The summed E-state index contributed by atoms with van der Waals surface area (Å²) in [5, 5.41) is 23.9. The highest BCUT2D eigenvalue weighted by Crippen LogP contribution is 2.39. The van der Waals surface area contributed by atoms with Crippen molar-refractivity contribution >= 4 is 49.3 Å². The lowest BCUT2D eigenvalue weighted by atomic mass is 9.99. The molecule has 3 aromatic heterocycles. The molecule has 0 aliphatic heterocycles. The van der Waals surface area contributed by atoms with Crippen molar-refractivity contribution in [3.8, 4) is 34.6 Å². The van der Waals surface area contributed by atoms with Crippen LogP contribution in [-0.2, 0) is 0 Å². The molecule has 5 aromatic carbocycles. The van der Waals surface area contributed by atoms with Gasteiger partial charge in [0.15, 0.2) is 5.69 Å². The van der Waals surface area contributed by atoms with Crippen LogP contribution < -0.4 is 0 Å². The summed E-state index contributed by atoms with van der Waals surface area (Å²) < 4.78 is 4.37. The van der Waals surface area contributed by atoms with Gasteiger partial charge in [-0.15, -0.1) is 0 Å². The number of aromatic nitrogens is 3. The number of rotatable bonds is 3. The third kappa shape index (κ3) is 3.61. The Hall–Kier alpha value is -6.68. The monoisotopic (exact) mass is 560 g/mol. The number of hydrogen-bond acceptors (Lipinski definition) is 3. The Morgan fingerprint density at radius 2 is 1.30 bits per heavy atom. The molecule has 0 atom stereocenters. The fourth-order valence-corrected chi connectivity index (χ4v) is 6.39. The molecule has 8 aromatic rings. The molecule has 44 heavy (non-hydrogen) atoms. The van der Waals surface area contributed by atoms with Crippen LogP contribution >= 0.6 is 0 Å². The summed E-state index contributed by atoms with van der Waals surface area (Å²) in [4.78, 5) is 8.17. The van der Waals surface area contributed by atoms with Gasteiger partial charge < -0.3 is 9.13 Å². The molecule has 0 aliphatic rings. The van der Waals surface area contributed by atoms with Crippen LogP contribution in [0, 0.1) is 29.2 Å². The summed E-state index contributed by atoms with van der Waals surface area (Å²) in [5.41, 5.74) is 9.04. The van der Waals surface area contributed by atoms with Crippen molar-refractivity contribution in [3.63, 3.8) is 0 Å². The highest BCUT2D eigenvalue weighted by Gasteiger charge is 2.19. The molecule has 0 fully saturated rings. The van der Waals surface area contributed by atoms with Crippen LogP contribution in [0.15, 0.2) is 122 Å². The summed E-state index contributed by atoms with van der Waals surface area (Å²) in [5.74, 6) is 0. The van der Waals surface area contributed by atoms with E-state index in [-0.39, 0.29) is 0 Å². The second kappa shape index (κ2) is 9.71. The van der Waals surface area contributed by atoms with Gasteiger partial charge in [-0.3, -0.25) is 4.98 Å². The molecule has 6 heteroatoms. The van der Waals surface area contributed by atoms with E-state index in [9.17, 15) is 10.5 Å². The van der Waals surface area contributed by atoms with Gasteiger partial charge in [0.1, 0.15) is 0 Å². The predicted octanol–water partition coefficient (Wildman–Crippen LogP) is 9.24. The largest absolute Gasteiger partial charge is 0.309 e. The van der Waals surface area contributed by atoms with Gasteiger partial charge in [0, 0.05) is 45.4 Å². The Morgan fingerprint density at radius 3 is 2.05 bits per heavy atom. The van der Waals surface area contributed by atoms with Crippen LogP contribution in [-0.4, -0.2) is 14.1 Å². The fraction of sp³-hybridized carbons (Fsp3) is 0. The number of para-hydroxylation sites is 2. The lowest BCUT2D eigenvalue weighted by molar-refractivity contribution is 1.15. The van der Waals surface area contributed by atoms with Crippen molar-refractivity contribution in [2.24, 2.45) is 0 Å². The molecule has 0 saturated carbocycles. The number of fused-ring (bicyclic) bond motifs is 6. The first-order chi connectivity index (χ1) is 21.7. The molecule has 0 aliphatic carbocycles. The quantitative estimate of drug-likeness (QED) is 0.202. The zero-order chi connectivity index (χ0) is 29.8. The summed E-state index contributed by atoms with van der Waals surface area (Å²) in [6.07, 6.45) is 3.58. The molecule has 8 rings (SSSR count). The Labute approximate surface area is 252 Å². The SMILES string of the molecule is [C-]#[N+]c1ccc2c(c1)c1ccccc1n2-c1ccncc1-c1cc(-n2c3ccccc3c3cc(C#N)ccc32)ccc1C#N. The molecule has 202 valence electrons. The first-order valence-electron chi connectivity index (χ1n) is 14.0. The average Bonchev–Trinajstić information content (AvgIpc) is 3.60. The minimum absolute atomic E-state index is 0.534. The first-order valence-corrected chi connectivity index (χ1v) is 14.0. The average molecular weight is 561 g/mol. The standard InChI is InChI=1S/C38H20N6/c1-41-26-12-15-37-32(19-26)29-7-3-5-9-35(29)44(37)38-16-17-42-23-33(38)30-20-27(13-11-25(30)22-40)43-34-8-4-2-6-28(34)31-18-24(21-39)10-14-36(31)43/h2-20,23H. The highest BCUT2D eigenvalue weighted by atomic mass is 15.0. The van der Waals surface area contributed by atoms with Crippen molar-refractivity contribution < 1.29 is 0 Å². The smallest absolute Gasteiger partial charge is 0.188 e. The number of benzene rings is 5. The number of nitriles is 2. The molecule has 0 saturated heterocycles. The number of hydrogen-bond donors (Lipinski definition) is 0. The van der Waals surface area contributed by atoms with Crippen LogP contribution in [0.3, 0.4) is 0 Å². The Balaban J connectivity index is 1.42. The summed E-state index contributed by atoms with van der Waals surface area (Å²) in [6.45, 7) is 7.55. The van der Waals surface area contributed by atoms with E-state index in [1.54, 1.807) is 6.20 Å². The highest BCUT2D eigenvalue weighted by molar-refractivity contribution is 6.11.